The van der Waals surface area contributed by atoms with E-state index in [2.05, 4.69) is 0 Å². The van der Waals surface area contributed by atoms with Crippen LogP contribution in [0.2, 0.25) is 10.0 Å². The number of rotatable bonds is 2. The van der Waals surface area contributed by atoms with Gasteiger partial charge < -0.3 is 15.4 Å². The Morgan fingerprint density at radius 3 is 2.61 bits per heavy atom. The highest BCUT2D eigenvalue weighted by atomic mass is 35.5. The third-order valence-electron chi connectivity index (χ3n) is 3.92. The van der Waals surface area contributed by atoms with Gasteiger partial charge in [0, 0.05) is 6.54 Å². The monoisotopic (exact) mass is 358 g/mol. The third kappa shape index (κ3) is 4.75. The number of carbonyl (C=O) groups is 1. The molecule has 1 saturated heterocycles. The van der Waals surface area contributed by atoms with Crippen LogP contribution in [0, 0.1) is 0 Å². The molecule has 2 atom stereocenters. The van der Waals surface area contributed by atoms with Crippen molar-refractivity contribution in [1.29, 1.82) is 0 Å². The summed E-state index contributed by atoms with van der Waals surface area (Å²) in [6, 6.07) is 4.95. The lowest BCUT2D eigenvalue weighted by atomic mass is 9.92. The Balaban J connectivity index is 2.19. The fraction of sp³-hybridized carbons (Fsp3) is 0.588. The minimum absolute atomic E-state index is 0.101. The second-order valence-corrected chi connectivity index (χ2v) is 7.75. The highest BCUT2D eigenvalue weighted by Gasteiger charge is 2.34. The summed E-state index contributed by atoms with van der Waals surface area (Å²) in [4.78, 5) is 14.2. The molecule has 0 saturated carbocycles. The lowest BCUT2D eigenvalue weighted by molar-refractivity contribution is 0.00649. The van der Waals surface area contributed by atoms with Crippen LogP contribution >= 0.6 is 23.2 Å². The maximum Gasteiger partial charge on any atom is 0.410 e. The fourth-order valence-electron chi connectivity index (χ4n) is 2.82. The standard InChI is InChI=1S/C17H24Cl2N2O2/c1-17(2,3)23-16(22)21-9-5-4-6-14(21)15(20)11-7-8-12(18)13(19)10-11/h7-8,10,14-15H,4-6,9,20H2,1-3H3. The topological polar surface area (TPSA) is 55.6 Å². The molecule has 1 amide bonds. The second-order valence-electron chi connectivity index (χ2n) is 6.94. The molecule has 1 aliphatic rings. The first kappa shape index (κ1) is 18.4. The van der Waals surface area contributed by atoms with E-state index < -0.39 is 5.60 Å². The van der Waals surface area contributed by atoms with Crippen molar-refractivity contribution < 1.29 is 9.53 Å². The van der Waals surface area contributed by atoms with E-state index in [1.807, 2.05) is 26.8 Å². The Bertz CT molecular complexity index is 572. The molecule has 2 unspecified atom stereocenters. The number of hydrogen-bond acceptors (Lipinski definition) is 3. The molecule has 6 heteroatoms. The Kier molecular flexibility index (Phi) is 5.82. The van der Waals surface area contributed by atoms with Crippen LogP contribution in [0.15, 0.2) is 18.2 Å². The maximum absolute atomic E-state index is 12.5. The molecule has 0 aliphatic carbocycles. The summed E-state index contributed by atoms with van der Waals surface area (Å²) in [6.07, 6.45) is 2.54. The molecule has 2 rings (SSSR count). The number of benzene rings is 1. The van der Waals surface area contributed by atoms with E-state index in [-0.39, 0.29) is 18.2 Å². The van der Waals surface area contributed by atoms with Crippen molar-refractivity contribution in [2.75, 3.05) is 6.54 Å². The van der Waals surface area contributed by atoms with E-state index in [1.54, 1.807) is 17.0 Å². The van der Waals surface area contributed by atoms with Gasteiger partial charge in [-0.2, -0.15) is 0 Å². The van der Waals surface area contributed by atoms with E-state index in [1.165, 1.54) is 0 Å². The molecular formula is C17H24Cl2N2O2. The number of hydrogen-bond donors (Lipinski definition) is 1. The summed E-state index contributed by atoms with van der Waals surface area (Å²) in [5.74, 6) is 0. The summed E-state index contributed by atoms with van der Waals surface area (Å²) >= 11 is 12.1. The van der Waals surface area contributed by atoms with E-state index in [0.717, 1.165) is 24.8 Å². The quantitative estimate of drug-likeness (QED) is 0.827. The summed E-state index contributed by atoms with van der Waals surface area (Å²) < 4.78 is 5.52. The highest BCUT2D eigenvalue weighted by Crippen LogP contribution is 2.31. The van der Waals surface area contributed by atoms with Crippen LogP contribution in [0.25, 0.3) is 0 Å². The van der Waals surface area contributed by atoms with Gasteiger partial charge >= 0.3 is 6.09 Å². The van der Waals surface area contributed by atoms with Gasteiger partial charge in [0.1, 0.15) is 5.60 Å². The van der Waals surface area contributed by atoms with Crippen LogP contribution in [-0.2, 0) is 4.74 Å². The summed E-state index contributed by atoms with van der Waals surface area (Å²) in [5.41, 5.74) is 6.78. The molecule has 0 radical (unpaired) electrons. The number of halogens is 2. The van der Waals surface area contributed by atoms with Crippen molar-refractivity contribution in [3.63, 3.8) is 0 Å². The zero-order chi connectivity index (χ0) is 17.2. The Morgan fingerprint density at radius 2 is 2.00 bits per heavy atom. The average molecular weight is 359 g/mol. The van der Waals surface area contributed by atoms with Crippen LogP contribution in [0.3, 0.4) is 0 Å². The molecule has 2 N–H and O–H groups in total. The van der Waals surface area contributed by atoms with Crippen molar-refractivity contribution in [3.05, 3.63) is 33.8 Å². The van der Waals surface area contributed by atoms with Crippen molar-refractivity contribution in [1.82, 2.24) is 4.90 Å². The summed E-state index contributed by atoms with van der Waals surface area (Å²) in [7, 11) is 0. The lowest BCUT2D eigenvalue weighted by Crippen LogP contribution is -2.50. The Hall–Kier alpha value is -0.970. The molecule has 1 fully saturated rings. The van der Waals surface area contributed by atoms with Gasteiger partial charge in [-0.05, 0) is 57.7 Å². The second kappa shape index (κ2) is 7.29. The van der Waals surface area contributed by atoms with Crippen LogP contribution < -0.4 is 5.73 Å². The predicted molar refractivity (Wildman–Crippen MR) is 94.0 cm³/mol. The summed E-state index contributed by atoms with van der Waals surface area (Å²) in [5, 5.41) is 0.967. The van der Waals surface area contributed by atoms with Crippen LogP contribution in [0.4, 0.5) is 4.79 Å². The molecule has 0 spiro atoms. The molecule has 1 aromatic rings. The van der Waals surface area contributed by atoms with Crippen molar-refractivity contribution in [3.8, 4) is 0 Å². The molecule has 1 aromatic carbocycles. The van der Waals surface area contributed by atoms with E-state index in [9.17, 15) is 4.79 Å². The molecule has 23 heavy (non-hydrogen) atoms. The van der Waals surface area contributed by atoms with E-state index in [4.69, 9.17) is 33.7 Å². The van der Waals surface area contributed by atoms with Crippen LogP contribution in [-0.4, -0.2) is 29.2 Å². The zero-order valence-electron chi connectivity index (χ0n) is 13.8. The largest absolute Gasteiger partial charge is 0.444 e. The van der Waals surface area contributed by atoms with Gasteiger partial charge in [0.25, 0.3) is 0 Å². The van der Waals surface area contributed by atoms with Gasteiger partial charge in [0.2, 0.25) is 0 Å². The first-order valence-electron chi connectivity index (χ1n) is 7.89. The number of ether oxygens (including phenoxy) is 1. The van der Waals surface area contributed by atoms with Gasteiger partial charge in [-0.15, -0.1) is 0 Å². The van der Waals surface area contributed by atoms with Crippen LogP contribution in [0.5, 0.6) is 0 Å². The van der Waals surface area contributed by atoms with E-state index >= 15 is 0 Å². The minimum atomic E-state index is -0.521. The molecule has 1 heterocycles. The van der Waals surface area contributed by atoms with Crippen LogP contribution in [0.1, 0.15) is 51.6 Å². The number of nitrogens with zero attached hydrogens (tertiary/aromatic N) is 1. The van der Waals surface area contributed by atoms with Gasteiger partial charge in [0.05, 0.1) is 22.1 Å². The SMILES string of the molecule is CC(C)(C)OC(=O)N1CCCCC1C(N)c1ccc(Cl)c(Cl)c1. The third-order valence-corrected chi connectivity index (χ3v) is 4.66. The van der Waals surface area contributed by atoms with Gasteiger partial charge in [0.15, 0.2) is 0 Å². The zero-order valence-corrected chi connectivity index (χ0v) is 15.3. The molecular weight excluding hydrogens is 335 g/mol. The lowest BCUT2D eigenvalue weighted by Gasteiger charge is -2.39. The molecule has 128 valence electrons. The first-order chi connectivity index (χ1) is 10.7. The highest BCUT2D eigenvalue weighted by molar-refractivity contribution is 6.42. The van der Waals surface area contributed by atoms with Crippen molar-refractivity contribution in [2.24, 2.45) is 5.73 Å². The number of nitrogens with two attached hydrogens (primary N) is 1. The fourth-order valence-corrected chi connectivity index (χ4v) is 3.13. The van der Waals surface area contributed by atoms with Crippen molar-refractivity contribution in [2.45, 2.75) is 57.7 Å². The predicted octanol–water partition coefficient (Wildman–Crippen LogP) is 4.78. The normalized spacial score (nSPS) is 20.3. The molecule has 0 aromatic heterocycles. The van der Waals surface area contributed by atoms with Gasteiger partial charge in [-0.3, -0.25) is 0 Å². The van der Waals surface area contributed by atoms with E-state index in [0.29, 0.717) is 16.6 Å². The summed E-state index contributed by atoms with van der Waals surface area (Å²) in [6.45, 7) is 6.25. The number of carbonyl (C=O) groups excluding carboxylic acids is 1. The Morgan fingerprint density at radius 1 is 1.30 bits per heavy atom. The Labute approximate surface area is 147 Å². The first-order valence-corrected chi connectivity index (χ1v) is 8.65. The molecule has 0 bridgehead atoms. The average Bonchev–Trinajstić information content (AvgIpc) is 2.47. The number of piperidine rings is 1. The van der Waals surface area contributed by atoms with Gasteiger partial charge in [-0.25, -0.2) is 4.79 Å². The number of amides is 1. The molecule has 1 aliphatic heterocycles. The van der Waals surface area contributed by atoms with Crippen molar-refractivity contribution >= 4 is 29.3 Å². The maximum atomic E-state index is 12.5. The smallest absolute Gasteiger partial charge is 0.410 e. The van der Waals surface area contributed by atoms with Gasteiger partial charge in [-0.1, -0.05) is 29.3 Å². The number of likely N-dealkylation sites (tertiary alicyclic amines) is 1. The minimum Gasteiger partial charge on any atom is -0.444 e. The molecule has 4 nitrogen and oxygen atoms in total.